The highest BCUT2D eigenvalue weighted by Crippen LogP contribution is 2.34. The second-order valence-corrected chi connectivity index (χ2v) is 10.5. The van der Waals surface area contributed by atoms with E-state index in [1.165, 1.54) is 37.4 Å². The Morgan fingerprint density at radius 1 is 0.729 bits per heavy atom. The number of azo groups is 2. The van der Waals surface area contributed by atoms with Crippen molar-refractivity contribution in [2.24, 2.45) is 34.6 Å². The van der Waals surface area contributed by atoms with Gasteiger partial charge in [0, 0.05) is 14.1 Å². The van der Waals surface area contributed by atoms with E-state index < -0.39 is 11.9 Å². The van der Waals surface area contributed by atoms with Crippen molar-refractivity contribution in [3.8, 4) is 11.9 Å². The Morgan fingerprint density at radius 3 is 1.52 bits per heavy atom. The average molecular weight is 660 g/mol. The summed E-state index contributed by atoms with van der Waals surface area (Å²) in [4.78, 5) is 36.3. The summed E-state index contributed by atoms with van der Waals surface area (Å²) in [6.45, 7) is 4.04. The molecule has 0 atom stereocenters. The van der Waals surface area contributed by atoms with Crippen molar-refractivity contribution in [3.05, 3.63) is 41.2 Å². The quantitative estimate of drug-likeness (QED) is 0.124. The fraction of sp³-hybridized carbons (Fsp3) is 0.370. The number of unbranched alkanes of at least 4 members (excludes halogenated alkanes) is 2. The van der Waals surface area contributed by atoms with Crippen molar-refractivity contribution in [1.29, 1.82) is 0 Å². The van der Waals surface area contributed by atoms with Crippen LogP contribution < -0.4 is 11.5 Å². The Morgan fingerprint density at radius 2 is 1.15 bits per heavy atom. The zero-order valence-corrected chi connectivity index (χ0v) is 26.5. The lowest BCUT2D eigenvalue weighted by atomic mass is 10.2. The number of hydrogen-bond donors (Lipinski definition) is 4. The maximum absolute atomic E-state index is 11.6. The number of carboxylic acid groups (broad SMARTS) is 2. The van der Waals surface area contributed by atoms with Crippen LogP contribution in [0.3, 0.4) is 0 Å². The first-order valence-electron chi connectivity index (χ1n) is 14.8. The molecule has 5 heterocycles. The summed E-state index contributed by atoms with van der Waals surface area (Å²) in [7, 11) is 3.09. The fourth-order valence-corrected chi connectivity index (χ4v) is 4.57. The second-order valence-electron chi connectivity index (χ2n) is 10.5. The highest BCUT2D eigenvalue weighted by Gasteiger charge is 2.23. The highest BCUT2D eigenvalue weighted by molar-refractivity contribution is 5.92. The molecule has 0 amide bonds. The average Bonchev–Trinajstić information content (AvgIpc) is 3.80. The van der Waals surface area contributed by atoms with E-state index in [0.717, 1.165) is 25.7 Å². The second kappa shape index (κ2) is 13.9. The fourth-order valence-electron chi connectivity index (χ4n) is 4.57. The van der Waals surface area contributed by atoms with Crippen LogP contribution in [0.5, 0.6) is 0 Å². The van der Waals surface area contributed by atoms with Gasteiger partial charge in [0.05, 0.1) is 23.8 Å². The lowest BCUT2D eigenvalue weighted by Gasteiger charge is -2.05. The minimum absolute atomic E-state index is 0.0256. The van der Waals surface area contributed by atoms with Crippen molar-refractivity contribution in [1.82, 2.24) is 54.1 Å². The smallest absolute Gasteiger partial charge is 0.341 e. The molecule has 0 aromatic carbocycles. The maximum Gasteiger partial charge on any atom is 0.341 e. The van der Waals surface area contributed by atoms with E-state index in [-0.39, 0.29) is 57.7 Å². The van der Waals surface area contributed by atoms with Crippen molar-refractivity contribution < 1.29 is 19.8 Å². The minimum Gasteiger partial charge on any atom is -0.477 e. The highest BCUT2D eigenvalue weighted by atomic mass is 16.4. The molecule has 0 unspecified atom stereocenters. The Bertz CT molecular complexity index is 1890. The summed E-state index contributed by atoms with van der Waals surface area (Å²) in [6.07, 6.45) is 7.86. The van der Waals surface area contributed by atoms with Gasteiger partial charge in [0.2, 0.25) is 0 Å². The van der Waals surface area contributed by atoms with Crippen LogP contribution in [0.2, 0.25) is 0 Å². The van der Waals surface area contributed by atoms with Crippen molar-refractivity contribution in [2.75, 3.05) is 11.5 Å². The minimum atomic E-state index is -1.20. The van der Waals surface area contributed by atoms with Gasteiger partial charge >= 0.3 is 11.9 Å². The summed E-state index contributed by atoms with van der Waals surface area (Å²) in [5.41, 5.74) is 14.2. The Kier molecular flexibility index (Phi) is 9.56. The number of aryl methyl sites for hydroxylation is 4. The standard InChI is InChI=1S/C27H33N17O4/c1-5-7-9-16-18(35-37-22-14(24(45)46)11-32-41(22)3)20(28)43(39-16)26-30-13-31-27(34-26)44-21(29)19(17(40-44)10-8-6-2)36-38-23-15(25(47)48)12-33-42(23)4/h11-13H,5-10,28-29H2,1-4H3,(H,45,46)(H,47,48)/b37-35+,38-36+. The number of carboxylic acids is 2. The molecular weight excluding hydrogens is 626 g/mol. The van der Waals surface area contributed by atoms with Gasteiger partial charge in [0.15, 0.2) is 34.6 Å². The summed E-state index contributed by atoms with van der Waals surface area (Å²) in [5, 5.41) is 52.9. The Labute approximate surface area is 272 Å². The third-order valence-electron chi connectivity index (χ3n) is 7.15. The third kappa shape index (κ3) is 6.45. The molecule has 0 fully saturated rings. The zero-order valence-electron chi connectivity index (χ0n) is 26.5. The summed E-state index contributed by atoms with van der Waals surface area (Å²) >= 11 is 0. The van der Waals surface area contributed by atoms with Crippen molar-refractivity contribution in [3.63, 3.8) is 0 Å². The van der Waals surface area contributed by atoms with Gasteiger partial charge in [0.25, 0.3) is 11.9 Å². The topological polar surface area (TPSA) is 286 Å². The van der Waals surface area contributed by atoms with Crippen LogP contribution in [0.1, 0.15) is 71.6 Å². The third-order valence-corrected chi connectivity index (χ3v) is 7.15. The van der Waals surface area contributed by atoms with Gasteiger partial charge in [0.1, 0.15) is 17.5 Å². The molecule has 0 aliphatic rings. The van der Waals surface area contributed by atoms with Gasteiger partial charge in [-0.2, -0.15) is 44.7 Å². The number of anilines is 2. The number of aromatic nitrogens is 11. The van der Waals surface area contributed by atoms with E-state index >= 15 is 0 Å². The number of nitrogen functional groups attached to an aromatic ring is 2. The predicted molar refractivity (Wildman–Crippen MR) is 169 cm³/mol. The number of aromatic carboxylic acids is 2. The van der Waals surface area contributed by atoms with Gasteiger partial charge < -0.3 is 21.7 Å². The SMILES string of the molecule is CCCCc1nn(-c2ncnc(-n3nc(CCCC)c(/N=N/c4c(C(=O)O)cnn4C)c3N)n2)c(N)c1/N=N/c1c(C(=O)O)cnn1C. The van der Waals surface area contributed by atoms with E-state index in [9.17, 15) is 19.8 Å². The van der Waals surface area contributed by atoms with Crippen LogP contribution >= 0.6 is 0 Å². The van der Waals surface area contributed by atoms with Gasteiger partial charge in [-0.05, 0) is 25.7 Å². The number of carbonyl (C=O) groups is 2. The zero-order chi connectivity index (χ0) is 34.5. The van der Waals surface area contributed by atoms with Crippen LogP contribution in [-0.2, 0) is 26.9 Å². The molecule has 21 heteroatoms. The summed E-state index contributed by atoms with van der Waals surface area (Å²) in [5.74, 6) is -2.19. The normalized spacial score (nSPS) is 11.8. The molecule has 5 aromatic heterocycles. The van der Waals surface area contributed by atoms with Gasteiger partial charge in [-0.3, -0.25) is 0 Å². The monoisotopic (exact) mass is 659 g/mol. The van der Waals surface area contributed by atoms with Crippen LogP contribution in [0, 0.1) is 0 Å². The molecule has 0 bridgehead atoms. The van der Waals surface area contributed by atoms with Gasteiger partial charge in [-0.25, -0.2) is 19.0 Å². The van der Waals surface area contributed by atoms with Gasteiger partial charge in [-0.1, -0.05) is 26.7 Å². The predicted octanol–water partition coefficient (Wildman–Crippen LogP) is 3.79. The number of nitrogens with two attached hydrogens (primary N) is 2. The van der Waals surface area contributed by atoms with Crippen LogP contribution in [0.25, 0.3) is 11.9 Å². The van der Waals surface area contributed by atoms with E-state index in [4.69, 9.17) is 11.5 Å². The van der Waals surface area contributed by atoms with E-state index in [2.05, 4.69) is 55.8 Å². The molecule has 0 saturated carbocycles. The van der Waals surface area contributed by atoms with E-state index in [1.807, 2.05) is 13.8 Å². The molecule has 48 heavy (non-hydrogen) atoms. The molecule has 5 aromatic rings. The number of hydrogen-bond acceptors (Lipinski definition) is 15. The lowest BCUT2D eigenvalue weighted by Crippen LogP contribution is -2.12. The number of nitrogens with zero attached hydrogens (tertiary/aromatic N) is 15. The molecule has 5 rings (SSSR count). The first kappa shape index (κ1) is 33.0. The summed E-state index contributed by atoms with van der Waals surface area (Å²) < 4.78 is 5.13. The summed E-state index contributed by atoms with van der Waals surface area (Å²) in [6, 6.07) is 0. The Balaban J connectivity index is 1.55. The van der Waals surface area contributed by atoms with Crippen molar-refractivity contribution >= 4 is 46.6 Å². The maximum atomic E-state index is 11.6. The lowest BCUT2D eigenvalue weighted by molar-refractivity contribution is 0.0686. The molecule has 0 aliphatic carbocycles. The molecule has 0 spiro atoms. The van der Waals surface area contributed by atoms with Gasteiger partial charge in [-0.15, -0.1) is 20.5 Å². The Hall–Kier alpha value is -6.41. The largest absolute Gasteiger partial charge is 0.477 e. The molecular formula is C27H33N17O4. The first-order chi connectivity index (χ1) is 23.0. The number of rotatable bonds is 14. The van der Waals surface area contributed by atoms with Crippen LogP contribution in [0.15, 0.2) is 39.2 Å². The molecule has 21 nitrogen and oxygen atoms in total. The van der Waals surface area contributed by atoms with Crippen LogP contribution in [-0.4, -0.2) is 76.2 Å². The molecule has 6 N–H and O–H groups in total. The van der Waals surface area contributed by atoms with Crippen LogP contribution in [0.4, 0.5) is 34.6 Å². The van der Waals surface area contributed by atoms with E-state index in [0.29, 0.717) is 24.2 Å². The molecule has 0 aliphatic heterocycles. The first-order valence-corrected chi connectivity index (χ1v) is 14.8. The molecule has 250 valence electrons. The van der Waals surface area contributed by atoms with Crippen molar-refractivity contribution in [2.45, 2.75) is 52.4 Å². The molecule has 0 radical (unpaired) electrons. The van der Waals surface area contributed by atoms with E-state index in [1.54, 1.807) is 14.1 Å². The molecule has 0 saturated heterocycles.